The van der Waals surface area contributed by atoms with E-state index >= 15 is 0 Å². The van der Waals surface area contributed by atoms with Gasteiger partial charge < -0.3 is 0 Å². The number of halogens is 3. The van der Waals surface area contributed by atoms with Crippen LogP contribution in [0.25, 0.3) is 0 Å². The predicted molar refractivity (Wildman–Crippen MR) is 63.0 cm³/mol. The van der Waals surface area contributed by atoms with E-state index in [1.54, 1.807) is 0 Å². The average molecular weight is 318 g/mol. The molecule has 0 saturated heterocycles. The largest absolute Gasteiger partial charge is 0.147 e. The molecule has 0 bridgehead atoms. The zero-order chi connectivity index (χ0) is 9.30. The van der Waals surface area contributed by atoms with Gasteiger partial charge in [0.2, 0.25) is 0 Å². The molecule has 1 aliphatic carbocycles. The Hall–Kier alpha value is 0.743. The molecule has 0 N–H and O–H groups in total. The maximum Gasteiger partial charge on any atom is -0.147 e. The van der Waals surface area contributed by atoms with Crippen molar-refractivity contribution in [2.75, 3.05) is 0 Å². The molecule has 0 radical (unpaired) electrons. The first-order valence-electron chi connectivity index (χ1n) is 4.26. The molecule has 1 unspecified atom stereocenters. The molecule has 1 atom stereocenters. The summed E-state index contributed by atoms with van der Waals surface area (Å²) in [5.41, 5.74) is 1.18. The van der Waals surface area contributed by atoms with Crippen LogP contribution >= 0.6 is 24.8 Å². The summed E-state index contributed by atoms with van der Waals surface area (Å²) in [6.07, 6.45) is 4.16. The van der Waals surface area contributed by atoms with E-state index in [4.69, 9.17) is 0 Å². The number of rotatable bonds is 1. The molecule has 4 heteroatoms. The predicted octanol–water partition coefficient (Wildman–Crippen LogP) is 4.02. The Labute approximate surface area is 107 Å². The van der Waals surface area contributed by atoms with Gasteiger partial charge in [0, 0.05) is 0 Å². The number of hydrogen-bond donors (Lipinski definition) is 0. The van der Waals surface area contributed by atoms with Gasteiger partial charge in [0.15, 0.2) is 0 Å². The molecule has 0 heterocycles. The zero-order valence-corrected chi connectivity index (χ0v) is 13.0. The third-order valence-corrected chi connectivity index (χ3v) is 7.60. The quantitative estimate of drug-likeness (QED) is 0.685. The van der Waals surface area contributed by atoms with E-state index in [1.807, 2.05) is 20.8 Å². The summed E-state index contributed by atoms with van der Waals surface area (Å²) in [6, 6.07) is 0. The van der Waals surface area contributed by atoms with E-state index in [0.717, 1.165) is 6.49 Å². The minimum Gasteiger partial charge on any atom is -0.147 e. The van der Waals surface area contributed by atoms with Gasteiger partial charge in [-0.05, 0) is 0 Å². The second kappa shape index (κ2) is 7.09. The molecule has 0 nitrogen and oxygen atoms in total. The van der Waals surface area contributed by atoms with Crippen molar-refractivity contribution in [3.05, 3.63) is 21.0 Å². The van der Waals surface area contributed by atoms with Crippen molar-refractivity contribution in [1.82, 2.24) is 0 Å². The fraction of sp³-hybridized carbons (Fsp3) is 0.500. The first kappa shape index (κ1) is 17.1. The standard InChI is InChI=1S/C7H9.C3H6.2ClH.FH.Zr/c1-6-3-4-7(2)5-6;1-3-2;;;;/h3-4,6H,1-2H3;1-2H3;3*1H;/q;;;;;+1/p-1. The number of allylic oxidation sites excluding steroid dienone is 4. The normalized spacial score (nSPS) is 18.8. The summed E-state index contributed by atoms with van der Waals surface area (Å²) < 4.78 is 16.0. The molecule has 0 aromatic rings. The molecule has 14 heavy (non-hydrogen) atoms. The second-order valence-electron chi connectivity index (χ2n) is 3.56. The monoisotopic (exact) mass is 316 g/mol. The summed E-state index contributed by atoms with van der Waals surface area (Å²) in [5.74, 6) is 0.360. The van der Waals surface area contributed by atoms with Crippen LogP contribution in [0.4, 0.5) is 2.63 Å². The van der Waals surface area contributed by atoms with Crippen molar-refractivity contribution in [2.24, 2.45) is 5.92 Å². The van der Waals surface area contributed by atoms with Crippen LogP contribution in [0.1, 0.15) is 27.7 Å². The summed E-state index contributed by atoms with van der Waals surface area (Å²) in [6.45, 7) is 7.98. The van der Waals surface area contributed by atoms with Gasteiger partial charge in [-0.2, -0.15) is 0 Å². The van der Waals surface area contributed by atoms with Crippen LogP contribution in [0.3, 0.4) is 0 Å². The maximum atomic E-state index is 13.8. The van der Waals surface area contributed by atoms with Crippen LogP contribution in [-0.2, 0) is 21.9 Å². The van der Waals surface area contributed by atoms with Gasteiger partial charge in [-0.15, -0.1) is 24.8 Å². The summed E-state index contributed by atoms with van der Waals surface area (Å²) in [5, 5.41) is 0. The van der Waals surface area contributed by atoms with Gasteiger partial charge in [0.1, 0.15) is 0 Å². The van der Waals surface area contributed by atoms with E-state index in [-0.39, 0.29) is 24.8 Å². The van der Waals surface area contributed by atoms with Crippen LogP contribution < -0.4 is 0 Å². The van der Waals surface area contributed by atoms with Crippen LogP contribution in [0, 0.1) is 5.92 Å². The summed E-state index contributed by atoms with van der Waals surface area (Å²) in [7, 11) is 0. The van der Waals surface area contributed by atoms with Gasteiger partial charge in [-0.25, -0.2) is 0 Å². The van der Waals surface area contributed by atoms with Crippen molar-refractivity contribution < 1.29 is 24.5 Å². The molecule has 0 saturated carbocycles. The van der Waals surface area contributed by atoms with Crippen molar-refractivity contribution in [3.63, 3.8) is 0 Å². The van der Waals surface area contributed by atoms with Crippen molar-refractivity contribution in [2.45, 2.75) is 27.7 Å². The molecular formula is C10H17Cl2FZr. The Balaban J connectivity index is 0. The fourth-order valence-electron chi connectivity index (χ4n) is 1.48. The van der Waals surface area contributed by atoms with E-state index in [2.05, 4.69) is 19.1 Å². The summed E-state index contributed by atoms with van der Waals surface area (Å²) >= 11 is -2.77. The smallest absolute Gasteiger partial charge is 0.147 e. The Bertz CT molecular complexity index is 283. The van der Waals surface area contributed by atoms with Crippen molar-refractivity contribution in [1.29, 1.82) is 0 Å². The van der Waals surface area contributed by atoms with Gasteiger partial charge in [-0.1, -0.05) is 0 Å². The molecule has 0 amide bonds. The second-order valence-corrected chi connectivity index (χ2v) is 8.88. The Kier molecular flexibility index (Phi) is 8.68. The molecule has 0 fully saturated rings. The van der Waals surface area contributed by atoms with Gasteiger partial charge >= 0.3 is 82.3 Å². The molecule has 0 aromatic heterocycles. The first-order chi connectivity index (χ1) is 5.54. The third kappa shape index (κ3) is 3.72. The Morgan fingerprint density at radius 1 is 1.36 bits per heavy atom. The minimum absolute atomic E-state index is 0. The third-order valence-electron chi connectivity index (χ3n) is 2.19. The zero-order valence-electron chi connectivity index (χ0n) is 8.93. The van der Waals surface area contributed by atoms with Gasteiger partial charge in [0.25, 0.3) is 0 Å². The minimum atomic E-state index is -2.77. The van der Waals surface area contributed by atoms with E-state index < -0.39 is 21.9 Å². The molecule has 0 aliphatic heterocycles. The summed E-state index contributed by atoms with van der Waals surface area (Å²) in [4.78, 5) is 0. The van der Waals surface area contributed by atoms with Crippen LogP contribution in [0.15, 0.2) is 21.0 Å². The topological polar surface area (TPSA) is 0 Å². The van der Waals surface area contributed by atoms with Gasteiger partial charge in [-0.3, -0.25) is 0 Å². The fourth-order valence-corrected chi connectivity index (χ4v) is 5.08. The molecule has 1 aliphatic rings. The van der Waals surface area contributed by atoms with Crippen LogP contribution in [0.5, 0.6) is 0 Å². The van der Waals surface area contributed by atoms with Crippen LogP contribution in [-0.4, -0.2) is 3.21 Å². The number of hydrogen-bond acceptors (Lipinski definition) is 0. The van der Waals surface area contributed by atoms with Crippen molar-refractivity contribution >= 4 is 28.0 Å². The molecular weight excluding hydrogens is 301 g/mol. The van der Waals surface area contributed by atoms with E-state index in [0.29, 0.717) is 5.92 Å². The first-order valence-corrected chi connectivity index (χ1v) is 7.65. The SMILES string of the molecule is CC1=[C]([Zr]([F])=[C](C)C)C(C)C=C1.Cl.Cl. The molecule has 0 aromatic carbocycles. The van der Waals surface area contributed by atoms with Crippen molar-refractivity contribution in [3.8, 4) is 0 Å². The Morgan fingerprint density at radius 3 is 2.14 bits per heavy atom. The van der Waals surface area contributed by atoms with E-state index in [1.165, 1.54) is 5.57 Å². The maximum absolute atomic E-state index is 13.8. The van der Waals surface area contributed by atoms with Gasteiger partial charge in [0.05, 0.1) is 0 Å². The van der Waals surface area contributed by atoms with Crippen LogP contribution in [0.2, 0.25) is 0 Å². The van der Waals surface area contributed by atoms with E-state index in [9.17, 15) is 2.63 Å². The Morgan fingerprint density at radius 2 is 1.86 bits per heavy atom. The molecule has 1 rings (SSSR count). The molecule has 82 valence electrons. The molecule has 0 spiro atoms. The average Bonchev–Trinajstić information content (AvgIpc) is 2.30.